The molecule has 0 unspecified atom stereocenters. The Labute approximate surface area is 134 Å². The molecule has 0 aliphatic rings. The van der Waals surface area contributed by atoms with E-state index in [1.807, 2.05) is 6.92 Å². The van der Waals surface area contributed by atoms with Gasteiger partial charge in [0.25, 0.3) is 16.0 Å². The van der Waals surface area contributed by atoms with Crippen molar-refractivity contribution in [2.45, 2.75) is 18.7 Å². The van der Waals surface area contributed by atoms with E-state index in [-0.39, 0.29) is 10.8 Å². The Kier molecular flexibility index (Phi) is 5.02. The van der Waals surface area contributed by atoms with Crippen LogP contribution in [-0.4, -0.2) is 25.5 Å². The summed E-state index contributed by atoms with van der Waals surface area (Å²) in [6, 6.07) is 10.6. The maximum atomic E-state index is 12.2. The zero-order valence-electron chi connectivity index (χ0n) is 12.7. The first-order valence-corrected chi connectivity index (χ1v) is 8.37. The fourth-order valence-electron chi connectivity index (χ4n) is 2.00. The lowest BCUT2D eigenvalue weighted by molar-refractivity contribution is 0.102. The van der Waals surface area contributed by atoms with Crippen LogP contribution >= 0.6 is 0 Å². The minimum absolute atomic E-state index is 0.214. The molecule has 0 radical (unpaired) electrons. The molecule has 2 aromatic rings. The standard InChI is InChI=1S/C16H17NO5S/c1-3-22-13-6-4-12(5-7-13)16(18)17-15-9-8-14(10-11(15)2)23(19,20)21/h4-10H,3H2,1-2H3,(H,17,18)(H,19,20,21). The van der Waals surface area contributed by atoms with Crippen LogP contribution in [0.5, 0.6) is 5.75 Å². The van der Waals surface area contributed by atoms with E-state index in [2.05, 4.69) is 5.32 Å². The van der Waals surface area contributed by atoms with Crippen molar-refractivity contribution in [2.75, 3.05) is 11.9 Å². The third-order valence-corrected chi connectivity index (χ3v) is 4.02. The average Bonchev–Trinajstić information content (AvgIpc) is 2.49. The fraction of sp³-hybridized carbons (Fsp3) is 0.188. The number of hydrogen-bond acceptors (Lipinski definition) is 4. The normalized spacial score (nSPS) is 11.1. The van der Waals surface area contributed by atoms with E-state index < -0.39 is 10.1 Å². The van der Waals surface area contributed by atoms with Gasteiger partial charge in [-0.25, -0.2) is 0 Å². The molecule has 0 saturated heterocycles. The van der Waals surface area contributed by atoms with Crippen LogP contribution in [-0.2, 0) is 10.1 Å². The molecule has 1 amide bonds. The lowest BCUT2D eigenvalue weighted by Gasteiger charge is -2.10. The number of ether oxygens (including phenoxy) is 1. The molecule has 0 heterocycles. The fourth-order valence-corrected chi connectivity index (χ4v) is 2.57. The van der Waals surface area contributed by atoms with Crippen molar-refractivity contribution >= 4 is 21.7 Å². The van der Waals surface area contributed by atoms with Gasteiger partial charge in [0.05, 0.1) is 11.5 Å². The first-order valence-electron chi connectivity index (χ1n) is 6.93. The molecule has 0 fully saturated rings. The monoisotopic (exact) mass is 335 g/mol. The molecule has 2 aromatic carbocycles. The molecule has 0 saturated carbocycles. The smallest absolute Gasteiger partial charge is 0.294 e. The molecule has 2 rings (SSSR count). The molecule has 122 valence electrons. The minimum Gasteiger partial charge on any atom is -0.494 e. The molecule has 0 aliphatic carbocycles. The molecular formula is C16H17NO5S. The second kappa shape index (κ2) is 6.80. The SMILES string of the molecule is CCOc1ccc(C(=O)Nc2ccc(S(=O)(=O)O)cc2C)cc1. The van der Waals surface area contributed by atoms with Crippen molar-refractivity contribution < 1.29 is 22.5 Å². The lowest BCUT2D eigenvalue weighted by atomic mass is 10.1. The molecule has 6 nitrogen and oxygen atoms in total. The van der Waals surface area contributed by atoms with Crippen LogP contribution in [0.3, 0.4) is 0 Å². The van der Waals surface area contributed by atoms with Crippen molar-refractivity contribution in [1.29, 1.82) is 0 Å². The molecule has 0 bridgehead atoms. The summed E-state index contributed by atoms with van der Waals surface area (Å²) in [5.74, 6) is 0.355. The number of amides is 1. The van der Waals surface area contributed by atoms with E-state index in [9.17, 15) is 13.2 Å². The number of benzene rings is 2. The van der Waals surface area contributed by atoms with Gasteiger partial charge in [-0.2, -0.15) is 8.42 Å². The van der Waals surface area contributed by atoms with Gasteiger partial charge >= 0.3 is 0 Å². The zero-order valence-corrected chi connectivity index (χ0v) is 13.6. The Morgan fingerprint density at radius 1 is 1.17 bits per heavy atom. The predicted octanol–water partition coefficient (Wildman–Crippen LogP) is 2.89. The van der Waals surface area contributed by atoms with Gasteiger partial charge in [0.2, 0.25) is 0 Å². The molecule has 2 N–H and O–H groups in total. The van der Waals surface area contributed by atoms with Gasteiger partial charge in [-0.05, 0) is 61.9 Å². The minimum atomic E-state index is -4.26. The second-order valence-electron chi connectivity index (χ2n) is 4.86. The van der Waals surface area contributed by atoms with Crippen molar-refractivity contribution in [2.24, 2.45) is 0 Å². The summed E-state index contributed by atoms with van der Waals surface area (Å²) in [6.07, 6.45) is 0. The lowest BCUT2D eigenvalue weighted by Crippen LogP contribution is -2.13. The summed E-state index contributed by atoms with van der Waals surface area (Å²) in [5, 5.41) is 2.70. The largest absolute Gasteiger partial charge is 0.494 e. The van der Waals surface area contributed by atoms with Crippen molar-refractivity contribution in [1.82, 2.24) is 0 Å². The number of carbonyl (C=O) groups excluding carboxylic acids is 1. The van der Waals surface area contributed by atoms with E-state index in [0.717, 1.165) is 0 Å². The number of rotatable bonds is 5. The van der Waals surface area contributed by atoms with Gasteiger partial charge in [0, 0.05) is 11.3 Å². The van der Waals surface area contributed by atoms with E-state index in [4.69, 9.17) is 9.29 Å². The molecule has 0 aromatic heterocycles. The van der Waals surface area contributed by atoms with E-state index >= 15 is 0 Å². The van der Waals surface area contributed by atoms with Crippen LogP contribution in [0.4, 0.5) is 5.69 Å². The Morgan fingerprint density at radius 2 is 1.83 bits per heavy atom. The second-order valence-corrected chi connectivity index (χ2v) is 6.28. The quantitative estimate of drug-likeness (QED) is 0.820. The van der Waals surface area contributed by atoms with Gasteiger partial charge in [0.15, 0.2) is 0 Å². The Balaban J connectivity index is 2.17. The van der Waals surface area contributed by atoms with Crippen LogP contribution < -0.4 is 10.1 Å². The van der Waals surface area contributed by atoms with Gasteiger partial charge in [-0.15, -0.1) is 0 Å². The summed E-state index contributed by atoms with van der Waals surface area (Å²) < 4.78 is 36.5. The number of anilines is 1. The number of nitrogens with one attached hydrogen (secondary N) is 1. The first kappa shape index (κ1) is 17.0. The molecular weight excluding hydrogens is 318 g/mol. The summed E-state index contributed by atoms with van der Waals surface area (Å²) in [4.78, 5) is 12.0. The molecule has 0 atom stereocenters. The highest BCUT2D eigenvalue weighted by molar-refractivity contribution is 7.85. The number of aryl methyl sites for hydroxylation is 1. The maximum Gasteiger partial charge on any atom is 0.294 e. The third-order valence-electron chi connectivity index (χ3n) is 3.17. The summed E-state index contributed by atoms with van der Waals surface area (Å²) in [7, 11) is -4.26. The highest BCUT2D eigenvalue weighted by Gasteiger charge is 2.13. The molecule has 23 heavy (non-hydrogen) atoms. The van der Waals surface area contributed by atoms with Gasteiger partial charge in [0.1, 0.15) is 5.75 Å². The van der Waals surface area contributed by atoms with Crippen molar-refractivity contribution in [3.8, 4) is 5.75 Å². The average molecular weight is 335 g/mol. The van der Waals surface area contributed by atoms with Crippen LogP contribution in [0.2, 0.25) is 0 Å². The van der Waals surface area contributed by atoms with E-state index in [1.54, 1.807) is 31.2 Å². The molecule has 0 spiro atoms. The van der Waals surface area contributed by atoms with E-state index in [1.165, 1.54) is 18.2 Å². The Bertz CT molecular complexity index is 813. The highest BCUT2D eigenvalue weighted by atomic mass is 32.2. The van der Waals surface area contributed by atoms with Crippen LogP contribution in [0, 0.1) is 6.92 Å². The number of carbonyl (C=O) groups is 1. The van der Waals surface area contributed by atoms with Crippen molar-refractivity contribution in [3.63, 3.8) is 0 Å². The predicted molar refractivity (Wildman–Crippen MR) is 86.6 cm³/mol. The number of hydrogen-bond donors (Lipinski definition) is 2. The zero-order chi connectivity index (χ0) is 17.0. The summed E-state index contributed by atoms with van der Waals surface area (Å²) in [6.45, 7) is 4.06. The van der Waals surface area contributed by atoms with Gasteiger partial charge in [-0.3, -0.25) is 9.35 Å². The van der Waals surface area contributed by atoms with E-state index in [0.29, 0.717) is 29.2 Å². The summed E-state index contributed by atoms with van der Waals surface area (Å²) >= 11 is 0. The van der Waals surface area contributed by atoms with Crippen molar-refractivity contribution in [3.05, 3.63) is 53.6 Å². The Morgan fingerprint density at radius 3 is 2.35 bits per heavy atom. The molecule has 7 heteroatoms. The Hall–Kier alpha value is -2.38. The highest BCUT2D eigenvalue weighted by Crippen LogP contribution is 2.21. The molecule has 0 aliphatic heterocycles. The first-order chi connectivity index (χ1) is 10.8. The topological polar surface area (TPSA) is 92.7 Å². The van der Waals surface area contributed by atoms with Crippen LogP contribution in [0.25, 0.3) is 0 Å². The van der Waals surface area contributed by atoms with Crippen LogP contribution in [0.15, 0.2) is 47.4 Å². The summed E-state index contributed by atoms with van der Waals surface area (Å²) in [5.41, 5.74) is 1.45. The third kappa shape index (κ3) is 4.30. The van der Waals surface area contributed by atoms with Crippen LogP contribution in [0.1, 0.15) is 22.8 Å². The van der Waals surface area contributed by atoms with Gasteiger partial charge < -0.3 is 10.1 Å². The maximum absolute atomic E-state index is 12.2. The van der Waals surface area contributed by atoms with Gasteiger partial charge in [-0.1, -0.05) is 0 Å².